The van der Waals surface area contributed by atoms with Crippen molar-refractivity contribution in [2.45, 2.75) is 26.7 Å². The molecule has 0 radical (unpaired) electrons. The topological polar surface area (TPSA) is 111 Å². The average molecular weight is 262 g/mol. The predicted octanol–water partition coefficient (Wildman–Crippen LogP) is 0.462. The van der Waals surface area contributed by atoms with Crippen molar-refractivity contribution in [3.63, 3.8) is 0 Å². The number of hydrogen-bond donors (Lipinski definition) is 2. The lowest BCUT2D eigenvalue weighted by molar-refractivity contribution is -0.136. The van der Waals surface area contributed by atoms with Crippen LogP contribution in [-0.4, -0.2) is 31.4 Å². The van der Waals surface area contributed by atoms with Gasteiger partial charge >= 0.3 is 5.97 Å². The van der Waals surface area contributed by atoms with Gasteiger partial charge in [-0.2, -0.15) is 0 Å². The molecule has 2 aromatic heterocycles. The van der Waals surface area contributed by atoms with Crippen molar-refractivity contribution < 1.29 is 14.7 Å². The van der Waals surface area contributed by atoms with Crippen molar-refractivity contribution in [2.24, 2.45) is 5.73 Å². The van der Waals surface area contributed by atoms with Crippen LogP contribution in [0, 0.1) is 13.8 Å². The number of imidazole rings is 1. The number of carboxylic acids is 1. The highest BCUT2D eigenvalue weighted by atomic mass is 16.4. The maximum Gasteiger partial charge on any atom is 0.303 e. The zero-order chi connectivity index (χ0) is 14.2. The molecule has 0 saturated heterocycles. The van der Waals surface area contributed by atoms with Gasteiger partial charge in [0, 0.05) is 17.8 Å². The van der Waals surface area contributed by atoms with Gasteiger partial charge in [-0.1, -0.05) is 0 Å². The van der Waals surface area contributed by atoms with Crippen molar-refractivity contribution in [1.29, 1.82) is 0 Å². The molecule has 0 aliphatic heterocycles. The molecule has 0 aromatic carbocycles. The summed E-state index contributed by atoms with van der Waals surface area (Å²) >= 11 is 0. The Hall–Kier alpha value is -2.44. The fraction of sp³-hybridized carbons (Fsp3) is 0.333. The summed E-state index contributed by atoms with van der Waals surface area (Å²) < 4.78 is 1.66. The number of carbonyl (C=O) groups excluding carboxylic acids is 1. The summed E-state index contributed by atoms with van der Waals surface area (Å²) in [6.07, 6.45) is 1.90. The highest BCUT2D eigenvalue weighted by molar-refractivity contribution is 5.96. The van der Waals surface area contributed by atoms with Crippen molar-refractivity contribution in [1.82, 2.24) is 14.4 Å². The van der Waals surface area contributed by atoms with E-state index >= 15 is 0 Å². The standard InChI is InChI=1S/C12H14N4O3/c1-6-8(3-4-9(17)18)7(2)16-5-14-10(11(13)19)12(16)15-6/h5H,3-4H2,1-2H3,(H2,13,19)(H,17,18). The summed E-state index contributed by atoms with van der Waals surface area (Å²) in [7, 11) is 0. The summed E-state index contributed by atoms with van der Waals surface area (Å²) in [4.78, 5) is 30.1. The van der Waals surface area contributed by atoms with Gasteiger partial charge in [-0.25, -0.2) is 9.97 Å². The van der Waals surface area contributed by atoms with Gasteiger partial charge in [0.15, 0.2) is 11.3 Å². The predicted molar refractivity (Wildman–Crippen MR) is 66.9 cm³/mol. The maximum atomic E-state index is 11.2. The Morgan fingerprint density at radius 3 is 2.68 bits per heavy atom. The molecule has 7 nitrogen and oxygen atoms in total. The lowest BCUT2D eigenvalue weighted by atomic mass is 10.1. The minimum atomic E-state index is -0.859. The van der Waals surface area contributed by atoms with Gasteiger partial charge in [0.25, 0.3) is 5.91 Å². The van der Waals surface area contributed by atoms with Gasteiger partial charge < -0.3 is 10.8 Å². The Balaban J connectivity index is 2.57. The number of rotatable bonds is 4. The summed E-state index contributed by atoms with van der Waals surface area (Å²) in [5.74, 6) is -1.49. The van der Waals surface area contributed by atoms with Crippen LogP contribution in [0.15, 0.2) is 6.33 Å². The van der Waals surface area contributed by atoms with Crippen LogP contribution in [-0.2, 0) is 11.2 Å². The Labute approximate surface area is 109 Å². The molecule has 0 aliphatic rings. The van der Waals surface area contributed by atoms with Crippen LogP contribution in [0.1, 0.15) is 33.9 Å². The number of nitrogens with zero attached hydrogens (tertiary/aromatic N) is 3. The molecule has 0 unspecified atom stereocenters. The average Bonchev–Trinajstić information content (AvgIpc) is 2.72. The van der Waals surface area contributed by atoms with E-state index in [2.05, 4.69) is 9.97 Å². The molecular weight excluding hydrogens is 248 g/mol. The van der Waals surface area contributed by atoms with Crippen molar-refractivity contribution in [3.8, 4) is 0 Å². The Bertz CT molecular complexity index is 675. The van der Waals surface area contributed by atoms with E-state index in [0.717, 1.165) is 11.3 Å². The molecule has 0 spiro atoms. The molecule has 0 bridgehead atoms. The molecule has 19 heavy (non-hydrogen) atoms. The molecule has 2 aromatic rings. The minimum Gasteiger partial charge on any atom is -0.481 e. The first-order valence-electron chi connectivity index (χ1n) is 5.76. The highest BCUT2D eigenvalue weighted by Crippen LogP contribution is 2.18. The lowest BCUT2D eigenvalue weighted by Gasteiger charge is -2.10. The number of nitrogens with two attached hydrogens (primary N) is 1. The SMILES string of the molecule is Cc1nc2c(C(N)=O)ncn2c(C)c1CCC(=O)O. The monoisotopic (exact) mass is 262 g/mol. The molecule has 0 atom stereocenters. The number of carbonyl (C=O) groups is 2. The van der Waals surface area contributed by atoms with Gasteiger partial charge in [-0.05, 0) is 25.8 Å². The first kappa shape index (κ1) is 13.0. The Morgan fingerprint density at radius 1 is 1.42 bits per heavy atom. The third kappa shape index (κ3) is 2.26. The van der Waals surface area contributed by atoms with E-state index in [1.807, 2.05) is 6.92 Å². The van der Waals surface area contributed by atoms with E-state index < -0.39 is 11.9 Å². The second kappa shape index (κ2) is 4.68. The summed E-state index contributed by atoms with van der Waals surface area (Å²) in [6, 6.07) is 0. The van der Waals surface area contributed by atoms with Crippen LogP contribution < -0.4 is 5.73 Å². The zero-order valence-corrected chi connectivity index (χ0v) is 10.7. The number of hydrogen-bond acceptors (Lipinski definition) is 4. The van der Waals surface area contributed by atoms with E-state index in [9.17, 15) is 9.59 Å². The summed E-state index contributed by atoms with van der Waals surface area (Å²) in [6.45, 7) is 3.62. The smallest absolute Gasteiger partial charge is 0.303 e. The first-order chi connectivity index (χ1) is 8.91. The zero-order valence-electron chi connectivity index (χ0n) is 10.7. The third-order valence-corrected chi connectivity index (χ3v) is 3.07. The first-order valence-corrected chi connectivity index (χ1v) is 5.76. The Morgan fingerprint density at radius 2 is 2.11 bits per heavy atom. The molecule has 100 valence electrons. The normalized spacial score (nSPS) is 10.8. The van der Waals surface area contributed by atoms with Crippen LogP contribution >= 0.6 is 0 Å². The fourth-order valence-electron chi connectivity index (χ4n) is 2.10. The van der Waals surface area contributed by atoms with E-state index in [1.165, 1.54) is 6.33 Å². The largest absolute Gasteiger partial charge is 0.481 e. The third-order valence-electron chi connectivity index (χ3n) is 3.07. The molecule has 0 saturated carbocycles. The Kier molecular flexibility index (Phi) is 3.20. The van der Waals surface area contributed by atoms with Crippen LogP contribution in [0.2, 0.25) is 0 Å². The molecule has 7 heteroatoms. The van der Waals surface area contributed by atoms with E-state index in [4.69, 9.17) is 10.8 Å². The molecule has 3 N–H and O–H groups in total. The quantitative estimate of drug-likeness (QED) is 0.831. The lowest BCUT2D eigenvalue weighted by Crippen LogP contribution is -2.13. The molecule has 0 fully saturated rings. The van der Waals surface area contributed by atoms with Gasteiger partial charge in [-0.15, -0.1) is 0 Å². The van der Waals surface area contributed by atoms with Crippen molar-refractivity contribution in [3.05, 3.63) is 29.0 Å². The molecule has 0 aliphatic carbocycles. The number of primary amides is 1. The van der Waals surface area contributed by atoms with Crippen LogP contribution in [0.25, 0.3) is 5.65 Å². The van der Waals surface area contributed by atoms with E-state index in [-0.39, 0.29) is 12.1 Å². The minimum absolute atomic E-state index is 0.0340. The van der Waals surface area contributed by atoms with Crippen LogP contribution in [0.3, 0.4) is 0 Å². The van der Waals surface area contributed by atoms with Crippen LogP contribution in [0.5, 0.6) is 0 Å². The maximum absolute atomic E-state index is 11.2. The van der Waals surface area contributed by atoms with E-state index in [0.29, 0.717) is 17.8 Å². The number of aliphatic carboxylic acids is 1. The number of aryl methyl sites for hydroxylation is 2. The number of amides is 1. The number of carboxylic acid groups (broad SMARTS) is 1. The van der Waals surface area contributed by atoms with Gasteiger partial charge in [0.2, 0.25) is 0 Å². The van der Waals surface area contributed by atoms with Crippen molar-refractivity contribution in [2.75, 3.05) is 0 Å². The van der Waals surface area contributed by atoms with Crippen molar-refractivity contribution >= 4 is 17.5 Å². The van der Waals surface area contributed by atoms with Gasteiger partial charge in [0.1, 0.15) is 6.33 Å². The van der Waals surface area contributed by atoms with Crippen LogP contribution in [0.4, 0.5) is 0 Å². The number of aromatic nitrogens is 3. The number of fused-ring (bicyclic) bond motifs is 1. The fourth-order valence-corrected chi connectivity index (χ4v) is 2.10. The summed E-state index contributed by atoms with van der Waals surface area (Å²) in [5.41, 5.74) is 8.12. The second-order valence-corrected chi connectivity index (χ2v) is 4.31. The molecule has 2 rings (SSSR count). The summed E-state index contributed by atoms with van der Waals surface area (Å²) in [5, 5.41) is 8.75. The molecule has 2 heterocycles. The van der Waals surface area contributed by atoms with E-state index in [1.54, 1.807) is 11.3 Å². The molecular formula is C12H14N4O3. The van der Waals surface area contributed by atoms with Gasteiger partial charge in [-0.3, -0.25) is 14.0 Å². The highest BCUT2D eigenvalue weighted by Gasteiger charge is 2.16. The second-order valence-electron chi connectivity index (χ2n) is 4.31. The molecule has 1 amide bonds. The van der Waals surface area contributed by atoms with Gasteiger partial charge in [0.05, 0.1) is 0 Å².